The molecule has 0 aliphatic rings. The topological polar surface area (TPSA) is 52.6 Å². The van der Waals surface area contributed by atoms with Gasteiger partial charge < -0.3 is 9.47 Å². The van der Waals surface area contributed by atoms with E-state index in [2.05, 4.69) is 33.8 Å². The molecule has 140 valence electrons. The summed E-state index contributed by atoms with van der Waals surface area (Å²) in [5.74, 6) is 0.235. The number of rotatable bonds is 14. The Balaban J connectivity index is 3.53. The average Bonchev–Trinajstić information content (AvgIpc) is 2.51. The third-order valence-electron chi connectivity index (χ3n) is 3.86. The predicted octanol–water partition coefficient (Wildman–Crippen LogP) is 5.21. The van der Waals surface area contributed by atoms with Gasteiger partial charge in [-0.25, -0.2) is 0 Å². The highest BCUT2D eigenvalue weighted by molar-refractivity contribution is 5.70. The Bertz CT molecular complexity index is 370. The lowest BCUT2D eigenvalue weighted by molar-refractivity contribution is -0.146. The molecule has 0 aliphatic heterocycles. The Hall–Kier alpha value is -1.32. The molecule has 0 amide bonds. The van der Waals surface area contributed by atoms with E-state index in [1.165, 1.54) is 5.57 Å². The first-order chi connectivity index (χ1) is 11.5. The van der Waals surface area contributed by atoms with Crippen LogP contribution < -0.4 is 0 Å². The lowest BCUT2D eigenvalue weighted by Gasteiger charge is -2.10. The molecule has 24 heavy (non-hydrogen) atoms. The van der Waals surface area contributed by atoms with Crippen LogP contribution in [0.5, 0.6) is 0 Å². The zero-order valence-corrected chi connectivity index (χ0v) is 16.1. The van der Waals surface area contributed by atoms with Crippen LogP contribution in [-0.2, 0) is 19.1 Å². The summed E-state index contributed by atoms with van der Waals surface area (Å²) >= 11 is 0. The summed E-state index contributed by atoms with van der Waals surface area (Å²) in [6, 6.07) is 0. The molecule has 0 rings (SSSR count). The van der Waals surface area contributed by atoms with Crippen LogP contribution in [-0.4, -0.2) is 25.2 Å². The smallest absolute Gasteiger partial charge is 0.305 e. The largest absolute Gasteiger partial charge is 0.466 e. The van der Waals surface area contributed by atoms with Crippen LogP contribution in [0.4, 0.5) is 0 Å². The van der Waals surface area contributed by atoms with Gasteiger partial charge in [-0.2, -0.15) is 0 Å². The second-order valence-corrected chi connectivity index (χ2v) is 6.75. The Morgan fingerprint density at radius 1 is 0.917 bits per heavy atom. The second kappa shape index (κ2) is 15.2. The zero-order chi connectivity index (χ0) is 18.2. The normalized spacial score (nSPS) is 11.7. The SMILES string of the molecule is CCCCOC(=O)CCCCC(=O)OCCC(C)CCC=C(C)C. The van der Waals surface area contributed by atoms with Crippen LogP contribution >= 0.6 is 0 Å². The fourth-order valence-electron chi connectivity index (χ4n) is 2.19. The van der Waals surface area contributed by atoms with E-state index in [-0.39, 0.29) is 11.9 Å². The van der Waals surface area contributed by atoms with Crippen molar-refractivity contribution in [2.75, 3.05) is 13.2 Å². The Kier molecular flexibility index (Phi) is 14.4. The van der Waals surface area contributed by atoms with Crippen molar-refractivity contribution in [3.8, 4) is 0 Å². The molecule has 1 atom stereocenters. The minimum absolute atomic E-state index is 0.161. The van der Waals surface area contributed by atoms with Crippen LogP contribution in [0.2, 0.25) is 0 Å². The highest BCUT2D eigenvalue weighted by atomic mass is 16.5. The van der Waals surface area contributed by atoms with Gasteiger partial charge in [0.1, 0.15) is 0 Å². The van der Waals surface area contributed by atoms with E-state index in [4.69, 9.17) is 9.47 Å². The third-order valence-corrected chi connectivity index (χ3v) is 3.86. The molecule has 0 bridgehead atoms. The highest BCUT2D eigenvalue weighted by Gasteiger charge is 2.07. The van der Waals surface area contributed by atoms with Crippen molar-refractivity contribution in [1.29, 1.82) is 0 Å². The van der Waals surface area contributed by atoms with Gasteiger partial charge in [0.2, 0.25) is 0 Å². The van der Waals surface area contributed by atoms with Crippen molar-refractivity contribution in [1.82, 2.24) is 0 Å². The summed E-state index contributed by atoms with van der Waals surface area (Å²) in [5, 5.41) is 0. The number of ether oxygens (including phenoxy) is 2. The van der Waals surface area contributed by atoms with Crippen LogP contribution in [0.25, 0.3) is 0 Å². The lowest BCUT2D eigenvalue weighted by Crippen LogP contribution is -2.09. The molecule has 0 aromatic heterocycles. The fourth-order valence-corrected chi connectivity index (χ4v) is 2.19. The van der Waals surface area contributed by atoms with Crippen molar-refractivity contribution < 1.29 is 19.1 Å². The van der Waals surface area contributed by atoms with Crippen LogP contribution in [0.15, 0.2) is 11.6 Å². The van der Waals surface area contributed by atoms with Crippen molar-refractivity contribution in [3.05, 3.63) is 11.6 Å². The van der Waals surface area contributed by atoms with Gasteiger partial charge in [-0.3, -0.25) is 9.59 Å². The van der Waals surface area contributed by atoms with E-state index in [0.717, 1.165) is 32.1 Å². The minimum Gasteiger partial charge on any atom is -0.466 e. The molecule has 0 spiro atoms. The number of allylic oxidation sites excluding steroid dienone is 2. The van der Waals surface area contributed by atoms with Crippen molar-refractivity contribution in [3.63, 3.8) is 0 Å². The molecule has 0 heterocycles. The number of hydrogen-bond donors (Lipinski definition) is 0. The molecule has 0 N–H and O–H groups in total. The summed E-state index contributed by atoms with van der Waals surface area (Å²) in [5.41, 5.74) is 1.35. The molecular weight excluding hydrogens is 304 g/mol. The van der Waals surface area contributed by atoms with Gasteiger partial charge in [0.05, 0.1) is 13.2 Å². The van der Waals surface area contributed by atoms with E-state index in [9.17, 15) is 9.59 Å². The quantitative estimate of drug-likeness (QED) is 0.247. The Morgan fingerprint density at radius 2 is 1.50 bits per heavy atom. The van der Waals surface area contributed by atoms with Gasteiger partial charge in [-0.1, -0.05) is 31.9 Å². The molecule has 4 heteroatoms. The molecule has 0 saturated heterocycles. The van der Waals surface area contributed by atoms with E-state index in [1.807, 2.05) is 0 Å². The van der Waals surface area contributed by atoms with Gasteiger partial charge >= 0.3 is 11.9 Å². The number of carbonyl (C=O) groups is 2. The van der Waals surface area contributed by atoms with Crippen molar-refractivity contribution in [2.24, 2.45) is 5.92 Å². The van der Waals surface area contributed by atoms with Crippen LogP contribution in [0.1, 0.15) is 85.5 Å². The molecule has 0 aromatic rings. The predicted molar refractivity (Wildman–Crippen MR) is 97.7 cm³/mol. The molecular formula is C20H36O4. The Morgan fingerprint density at radius 3 is 2.04 bits per heavy atom. The minimum atomic E-state index is -0.165. The lowest BCUT2D eigenvalue weighted by atomic mass is 10.0. The number of esters is 2. The molecule has 0 saturated carbocycles. The summed E-state index contributed by atoms with van der Waals surface area (Å²) in [6.07, 6.45) is 9.43. The van der Waals surface area contributed by atoms with Crippen LogP contribution in [0, 0.1) is 5.92 Å². The third kappa shape index (κ3) is 15.6. The standard InChI is InChI=1S/C20H36O4/c1-5-6-15-23-19(21)12-7-8-13-20(22)24-16-14-18(4)11-9-10-17(2)3/h10,18H,5-9,11-16H2,1-4H3. The summed E-state index contributed by atoms with van der Waals surface area (Å²) in [4.78, 5) is 23.0. The molecule has 0 radical (unpaired) electrons. The van der Waals surface area contributed by atoms with E-state index in [0.29, 0.717) is 44.8 Å². The summed E-state index contributed by atoms with van der Waals surface area (Å²) < 4.78 is 10.3. The fraction of sp³-hybridized carbons (Fsp3) is 0.800. The first kappa shape index (κ1) is 22.7. The number of carbonyl (C=O) groups excluding carboxylic acids is 2. The molecule has 1 unspecified atom stereocenters. The van der Waals surface area contributed by atoms with Crippen molar-refractivity contribution in [2.45, 2.75) is 85.5 Å². The maximum absolute atomic E-state index is 11.6. The zero-order valence-electron chi connectivity index (χ0n) is 16.1. The molecule has 4 nitrogen and oxygen atoms in total. The van der Waals surface area contributed by atoms with Gasteiger partial charge in [-0.15, -0.1) is 0 Å². The highest BCUT2D eigenvalue weighted by Crippen LogP contribution is 2.12. The summed E-state index contributed by atoms with van der Waals surface area (Å²) in [7, 11) is 0. The van der Waals surface area contributed by atoms with Gasteiger partial charge in [0.15, 0.2) is 0 Å². The van der Waals surface area contributed by atoms with Crippen molar-refractivity contribution >= 4 is 11.9 Å². The maximum atomic E-state index is 11.6. The molecule has 0 fully saturated rings. The summed E-state index contributed by atoms with van der Waals surface area (Å²) in [6.45, 7) is 9.46. The number of unbranched alkanes of at least 4 members (excludes halogenated alkanes) is 2. The molecule has 0 aliphatic carbocycles. The average molecular weight is 341 g/mol. The van der Waals surface area contributed by atoms with Crippen LogP contribution in [0.3, 0.4) is 0 Å². The number of hydrogen-bond acceptors (Lipinski definition) is 4. The second-order valence-electron chi connectivity index (χ2n) is 6.75. The van der Waals surface area contributed by atoms with E-state index >= 15 is 0 Å². The Labute approximate surface area is 148 Å². The first-order valence-corrected chi connectivity index (χ1v) is 9.40. The first-order valence-electron chi connectivity index (χ1n) is 9.40. The van der Waals surface area contributed by atoms with E-state index in [1.54, 1.807) is 0 Å². The monoisotopic (exact) mass is 340 g/mol. The van der Waals surface area contributed by atoms with Gasteiger partial charge in [-0.05, 0) is 58.3 Å². The molecule has 0 aromatic carbocycles. The van der Waals surface area contributed by atoms with E-state index < -0.39 is 0 Å². The van der Waals surface area contributed by atoms with Gasteiger partial charge in [0.25, 0.3) is 0 Å². The maximum Gasteiger partial charge on any atom is 0.305 e. The van der Waals surface area contributed by atoms with Gasteiger partial charge in [0, 0.05) is 12.8 Å².